The van der Waals surface area contributed by atoms with E-state index in [1.54, 1.807) is 0 Å². The van der Waals surface area contributed by atoms with Crippen molar-refractivity contribution in [3.8, 4) is 0 Å². The van der Waals surface area contributed by atoms with Crippen molar-refractivity contribution in [2.75, 3.05) is 0 Å². The van der Waals surface area contributed by atoms with Crippen LogP contribution in [0.4, 0.5) is 0 Å². The third-order valence-electron chi connectivity index (χ3n) is 3.17. The highest BCUT2D eigenvalue weighted by molar-refractivity contribution is 5.83. The summed E-state index contributed by atoms with van der Waals surface area (Å²) in [6.07, 6.45) is 1.35. The number of carbonyl (C=O) groups is 1. The molecule has 0 saturated carbocycles. The first kappa shape index (κ1) is 15.4. The maximum absolute atomic E-state index is 11.8. The number of hydrogen-bond donors (Lipinski definition) is 1. The molecule has 3 heteroatoms. The highest BCUT2D eigenvalue weighted by atomic mass is 16.5. The van der Waals surface area contributed by atoms with Gasteiger partial charge in [-0.2, -0.15) is 0 Å². The Kier molecular flexibility index (Phi) is 6.26. The number of esters is 1. The van der Waals surface area contributed by atoms with Gasteiger partial charge in [-0.3, -0.25) is 4.79 Å². The van der Waals surface area contributed by atoms with Crippen molar-refractivity contribution >= 4 is 11.7 Å². The molecule has 1 N–H and O–H groups in total. The Labute approximate surface area is 115 Å². The third kappa shape index (κ3) is 5.69. The van der Waals surface area contributed by atoms with Crippen LogP contribution in [0.1, 0.15) is 39.2 Å². The Morgan fingerprint density at radius 2 is 1.84 bits per heavy atom. The monoisotopic (exact) mass is 261 g/mol. The normalized spacial score (nSPS) is 12.2. The molecule has 104 valence electrons. The minimum atomic E-state index is -0.180. The van der Waals surface area contributed by atoms with E-state index in [0.717, 1.165) is 5.56 Å². The maximum Gasteiger partial charge on any atom is 0.308 e. The highest BCUT2D eigenvalue weighted by Gasteiger charge is 2.15. The number of nitrogens with one attached hydrogen (secondary N) is 1. The van der Waals surface area contributed by atoms with Gasteiger partial charge in [0.2, 0.25) is 0 Å². The van der Waals surface area contributed by atoms with Crippen molar-refractivity contribution in [3.05, 3.63) is 35.9 Å². The molecule has 0 aliphatic heterocycles. The van der Waals surface area contributed by atoms with Crippen LogP contribution in [0.5, 0.6) is 0 Å². The van der Waals surface area contributed by atoms with Crippen molar-refractivity contribution in [2.24, 2.45) is 11.8 Å². The summed E-state index contributed by atoms with van der Waals surface area (Å²) in [5, 5.41) is 7.76. The van der Waals surface area contributed by atoms with Crippen molar-refractivity contribution in [1.29, 1.82) is 5.41 Å². The first-order chi connectivity index (χ1) is 9.00. The number of rotatable bonds is 7. The van der Waals surface area contributed by atoms with E-state index in [9.17, 15) is 4.79 Å². The fourth-order valence-corrected chi connectivity index (χ4v) is 1.65. The summed E-state index contributed by atoms with van der Waals surface area (Å²) >= 11 is 0. The number of benzene rings is 1. The number of hydrogen-bond acceptors (Lipinski definition) is 3. The third-order valence-corrected chi connectivity index (χ3v) is 3.17. The summed E-state index contributed by atoms with van der Waals surface area (Å²) in [5.74, 6) is -0.0734. The molecule has 1 aromatic carbocycles. The number of carbonyl (C=O) groups excluding carboxylic acids is 1. The lowest BCUT2D eigenvalue weighted by atomic mass is 9.98. The molecule has 0 unspecified atom stereocenters. The lowest BCUT2D eigenvalue weighted by molar-refractivity contribution is -0.149. The molecule has 0 aliphatic rings. The summed E-state index contributed by atoms with van der Waals surface area (Å²) in [7, 11) is 0. The van der Waals surface area contributed by atoms with Gasteiger partial charge in [0.1, 0.15) is 6.61 Å². The van der Waals surface area contributed by atoms with Crippen molar-refractivity contribution in [1.82, 2.24) is 0 Å². The van der Waals surface area contributed by atoms with Crippen LogP contribution in [0.25, 0.3) is 0 Å². The molecule has 0 saturated heterocycles. The molecule has 19 heavy (non-hydrogen) atoms. The van der Waals surface area contributed by atoms with Crippen LogP contribution in [-0.2, 0) is 16.1 Å². The lowest BCUT2D eigenvalue weighted by Crippen LogP contribution is -2.17. The maximum atomic E-state index is 11.8. The zero-order chi connectivity index (χ0) is 14.3. The average molecular weight is 261 g/mol. The van der Waals surface area contributed by atoms with Crippen molar-refractivity contribution in [2.45, 2.75) is 40.2 Å². The van der Waals surface area contributed by atoms with Gasteiger partial charge in [-0.1, -0.05) is 51.1 Å². The number of ether oxygens (including phenoxy) is 1. The summed E-state index contributed by atoms with van der Waals surface area (Å²) in [4.78, 5) is 11.8. The Balaban J connectivity index is 2.31. The zero-order valence-corrected chi connectivity index (χ0v) is 12.0. The second-order valence-corrected chi connectivity index (χ2v) is 5.21. The Hall–Kier alpha value is -1.64. The zero-order valence-electron chi connectivity index (χ0n) is 12.0. The quantitative estimate of drug-likeness (QED) is 0.599. The van der Waals surface area contributed by atoms with Gasteiger partial charge in [-0.15, -0.1) is 0 Å². The molecule has 1 aromatic rings. The molecule has 0 heterocycles. The van der Waals surface area contributed by atoms with E-state index in [4.69, 9.17) is 10.1 Å². The highest BCUT2D eigenvalue weighted by Crippen LogP contribution is 2.12. The van der Waals surface area contributed by atoms with Crippen LogP contribution >= 0.6 is 0 Å². The van der Waals surface area contributed by atoms with Crippen LogP contribution in [0.2, 0.25) is 0 Å². The van der Waals surface area contributed by atoms with Gasteiger partial charge in [0.25, 0.3) is 0 Å². The van der Waals surface area contributed by atoms with E-state index in [0.29, 0.717) is 25.2 Å². The van der Waals surface area contributed by atoms with Crippen LogP contribution in [-0.4, -0.2) is 11.7 Å². The predicted octanol–water partition coefficient (Wildman–Crippen LogP) is 3.82. The molecular weight excluding hydrogens is 238 g/mol. The smallest absolute Gasteiger partial charge is 0.308 e. The Bertz CT molecular complexity index is 412. The molecule has 1 atom stereocenters. The van der Waals surface area contributed by atoms with Crippen molar-refractivity contribution in [3.63, 3.8) is 0 Å². The minimum Gasteiger partial charge on any atom is -0.461 e. The summed E-state index contributed by atoms with van der Waals surface area (Å²) in [6, 6.07) is 9.66. The molecule has 3 nitrogen and oxygen atoms in total. The average Bonchev–Trinajstić information content (AvgIpc) is 2.42. The van der Waals surface area contributed by atoms with Gasteiger partial charge in [0.05, 0.1) is 5.92 Å². The topological polar surface area (TPSA) is 50.2 Å². The Morgan fingerprint density at radius 3 is 2.42 bits per heavy atom. The van der Waals surface area contributed by atoms with E-state index >= 15 is 0 Å². The standard InChI is InChI=1S/C16H23NO2/c1-12(2)15(17)10-9-13(3)16(18)19-11-14-7-5-4-6-8-14/h4-8,12-13,17H,9-11H2,1-3H3/t13-/m0/s1. The first-order valence-electron chi connectivity index (χ1n) is 6.78. The van der Waals surface area contributed by atoms with E-state index in [1.165, 1.54) is 0 Å². The van der Waals surface area contributed by atoms with Crippen molar-refractivity contribution < 1.29 is 9.53 Å². The Morgan fingerprint density at radius 1 is 1.21 bits per heavy atom. The molecule has 0 aromatic heterocycles. The molecule has 0 amide bonds. The van der Waals surface area contributed by atoms with E-state index < -0.39 is 0 Å². The van der Waals surface area contributed by atoms with Gasteiger partial charge in [0.15, 0.2) is 0 Å². The van der Waals surface area contributed by atoms with E-state index in [1.807, 2.05) is 51.1 Å². The fraction of sp³-hybridized carbons (Fsp3) is 0.500. The molecule has 0 aliphatic carbocycles. The second kappa shape index (κ2) is 7.72. The van der Waals surface area contributed by atoms with Crippen LogP contribution in [0, 0.1) is 17.2 Å². The molecule has 0 radical (unpaired) electrons. The van der Waals surface area contributed by atoms with E-state index in [2.05, 4.69) is 0 Å². The largest absolute Gasteiger partial charge is 0.461 e. The molecular formula is C16H23NO2. The lowest BCUT2D eigenvalue weighted by Gasteiger charge is -2.13. The fourth-order valence-electron chi connectivity index (χ4n) is 1.65. The molecule has 0 fully saturated rings. The van der Waals surface area contributed by atoms with Crippen LogP contribution < -0.4 is 0 Å². The summed E-state index contributed by atoms with van der Waals surface area (Å²) in [6.45, 7) is 6.19. The molecule has 0 spiro atoms. The van der Waals surface area contributed by atoms with Crippen LogP contribution in [0.3, 0.4) is 0 Å². The molecule has 1 rings (SSSR count). The van der Waals surface area contributed by atoms with Crippen LogP contribution in [0.15, 0.2) is 30.3 Å². The minimum absolute atomic E-state index is 0.150. The summed E-state index contributed by atoms with van der Waals surface area (Å²) < 4.78 is 5.27. The first-order valence-corrected chi connectivity index (χ1v) is 6.78. The van der Waals surface area contributed by atoms with E-state index in [-0.39, 0.29) is 17.8 Å². The van der Waals surface area contributed by atoms with Gasteiger partial charge in [-0.05, 0) is 24.3 Å². The molecule has 0 bridgehead atoms. The summed E-state index contributed by atoms with van der Waals surface area (Å²) in [5.41, 5.74) is 1.70. The van der Waals surface area contributed by atoms with Gasteiger partial charge in [-0.25, -0.2) is 0 Å². The van der Waals surface area contributed by atoms with Gasteiger partial charge >= 0.3 is 5.97 Å². The van der Waals surface area contributed by atoms with Gasteiger partial charge in [0, 0.05) is 5.71 Å². The second-order valence-electron chi connectivity index (χ2n) is 5.21. The SMILES string of the molecule is CC(C)C(=N)CC[C@H](C)C(=O)OCc1ccccc1. The predicted molar refractivity (Wildman–Crippen MR) is 77.2 cm³/mol. The van der Waals surface area contributed by atoms with Gasteiger partial charge < -0.3 is 10.1 Å².